The maximum Gasteiger partial charge on any atom is 0.508 e. The lowest BCUT2D eigenvalue weighted by atomic mass is 9.90. The number of hydrogen-bond acceptors (Lipinski definition) is 4. The fourth-order valence-electron chi connectivity index (χ4n) is 1.01. The largest absolute Gasteiger partial charge is 0.508 e. The van der Waals surface area contributed by atoms with Gasteiger partial charge in [-0.05, 0) is 6.92 Å². The molecule has 0 amide bonds. The van der Waals surface area contributed by atoms with Crippen molar-refractivity contribution in [3.63, 3.8) is 0 Å². The van der Waals surface area contributed by atoms with Gasteiger partial charge in [0.1, 0.15) is 25.6 Å². The van der Waals surface area contributed by atoms with Crippen molar-refractivity contribution in [2.24, 2.45) is 5.41 Å². The summed E-state index contributed by atoms with van der Waals surface area (Å²) in [5.41, 5.74) is -0.461. The molecule has 0 aromatic rings. The van der Waals surface area contributed by atoms with Gasteiger partial charge in [0.25, 0.3) is 0 Å². The molecule has 0 bridgehead atoms. The van der Waals surface area contributed by atoms with Crippen LogP contribution in [0.15, 0.2) is 25.0 Å². The Morgan fingerprint density at radius 1 is 1.64 bits per heavy atom. The molecule has 0 atom stereocenters. The van der Waals surface area contributed by atoms with Crippen molar-refractivity contribution >= 4 is 6.16 Å². The van der Waals surface area contributed by atoms with E-state index in [4.69, 9.17) is 14.2 Å². The molecule has 0 spiro atoms. The second-order valence-electron chi connectivity index (χ2n) is 3.41. The number of ether oxygens (including phenoxy) is 3. The van der Waals surface area contributed by atoms with Crippen molar-refractivity contribution in [3.8, 4) is 0 Å². The highest BCUT2D eigenvalue weighted by atomic mass is 16.7. The third kappa shape index (κ3) is 2.28. The number of rotatable bonds is 4. The van der Waals surface area contributed by atoms with Gasteiger partial charge in [0.15, 0.2) is 0 Å². The minimum Gasteiger partial charge on any atom is -0.494 e. The molecule has 0 aromatic carbocycles. The Bertz CT molecular complexity index is 247. The Morgan fingerprint density at radius 3 is 2.71 bits per heavy atom. The Labute approximate surface area is 83.1 Å². The predicted molar refractivity (Wildman–Crippen MR) is 50.7 cm³/mol. The van der Waals surface area contributed by atoms with E-state index in [1.165, 1.54) is 0 Å². The van der Waals surface area contributed by atoms with Gasteiger partial charge >= 0.3 is 6.16 Å². The molecule has 1 aliphatic rings. The number of cyclic esters (lactones) is 2. The molecule has 0 N–H and O–H groups in total. The minimum absolute atomic E-state index is 0.238. The Morgan fingerprint density at radius 2 is 2.21 bits per heavy atom. The zero-order valence-corrected chi connectivity index (χ0v) is 8.25. The first-order valence-corrected chi connectivity index (χ1v) is 4.31. The summed E-state index contributed by atoms with van der Waals surface area (Å²) < 4.78 is 14.8. The Balaban J connectivity index is 2.52. The summed E-state index contributed by atoms with van der Waals surface area (Å²) in [4.78, 5) is 10.7. The van der Waals surface area contributed by atoms with Crippen LogP contribution in [0.4, 0.5) is 4.79 Å². The molecular formula is C10H14O4. The van der Waals surface area contributed by atoms with Gasteiger partial charge < -0.3 is 14.2 Å². The van der Waals surface area contributed by atoms with Gasteiger partial charge in [0, 0.05) is 0 Å². The van der Waals surface area contributed by atoms with Crippen LogP contribution in [0, 0.1) is 5.41 Å². The van der Waals surface area contributed by atoms with E-state index in [9.17, 15) is 4.79 Å². The molecule has 1 fully saturated rings. The van der Waals surface area contributed by atoms with Gasteiger partial charge in [-0.25, -0.2) is 4.79 Å². The smallest absolute Gasteiger partial charge is 0.494 e. The molecule has 0 unspecified atom stereocenters. The molecule has 1 heterocycles. The van der Waals surface area contributed by atoms with Crippen molar-refractivity contribution in [1.29, 1.82) is 0 Å². The Kier molecular flexibility index (Phi) is 3.17. The molecule has 1 saturated heterocycles. The topological polar surface area (TPSA) is 44.8 Å². The molecule has 0 aliphatic carbocycles. The zero-order valence-electron chi connectivity index (χ0n) is 8.25. The molecular weight excluding hydrogens is 184 g/mol. The van der Waals surface area contributed by atoms with Crippen LogP contribution in [0.25, 0.3) is 0 Å². The van der Waals surface area contributed by atoms with Gasteiger partial charge in [-0.3, -0.25) is 0 Å². The van der Waals surface area contributed by atoms with E-state index in [1.807, 2.05) is 6.92 Å². The van der Waals surface area contributed by atoms with Crippen LogP contribution in [-0.2, 0) is 14.2 Å². The highest BCUT2D eigenvalue weighted by molar-refractivity contribution is 5.60. The summed E-state index contributed by atoms with van der Waals surface area (Å²) in [6, 6.07) is 0. The SMILES string of the molecule is C=CCOC(=C)C1(C)COC(=O)OC1. The quantitative estimate of drug-likeness (QED) is 0.393. The van der Waals surface area contributed by atoms with Crippen LogP contribution in [0.1, 0.15) is 6.92 Å². The normalized spacial score (nSPS) is 19.1. The average Bonchev–Trinajstić information content (AvgIpc) is 2.19. The van der Waals surface area contributed by atoms with Gasteiger partial charge in [0.2, 0.25) is 0 Å². The van der Waals surface area contributed by atoms with Crippen LogP contribution in [0.5, 0.6) is 0 Å². The molecule has 78 valence electrons. The number of carbonyl (C=O) groups is 1. The fraction of sp³-hybridized carbons (Fsp3) is 0.500. The molecule has 0 aromatic heterocycles. The molecule has 0 saturated carbocycles. The second kappa shape index (κ2) is 4.17. The lowest BCUT2D eigenvalue weighted by Crippen LogP contribution is -2.38. The van der Waals surface area contributed by atoms with E-state index < -0.39 is 11.6 Å². The molecule has 1 aliphatic heterocycles. The monoisotopic (exact) mass is 198 g/mol. The van der Waals surface area contributed by atoms with Crippen LogP contribution >= 0.6 is 0 Å². The molecule has 14 heavy (non-hydrogen) atoms. The average molecular weight is 198 g/mol. The number of hydrogen-bond donors (Lipinski definition) is 0. The van der Waals surface area contributed by atoms with Gasteiger partial charge in [0.05, 0.1) is 5.41 Å². The fourth-order valence-corrected chi connectivity index (χ4v) is 1.01. The summed E-state index contributed by atoms with van der Waals surface area (Å²) in [6.07, 6.45) is 0.989. The maximum absolute atomic E-state index is 10.7. The van der Waals surface area contributed by atoms with E-state index in [0.29, 0.717) is 12.4 Å². The predicted octanol–water partition coefficient (Wildman–Crippen LogP) is 1.88. The Hall–Kier alpha value is -1.45. The summed E-state index contributed by atoms with van der Waals surface area (Å²) >= 11 is 0. The minimum atomic E-state index is -0.640. The van der Waals surface area contributed by atoms with Gasteiger partial charge in [-0.15, -0.1) is 0 Å². The first kappa shape index (κ1) is 10.6. The van der Waals surface area contributed by atoms with E-state index in [-0.39, 0.29) is 13.2 Å². The lowest BCUT2D eigenvalue weighted by molar-refractivity contribution is -0.0556. The highest BCUT2D eigenvalue weighted by Crippen LogP contribution is 2.30. The van der Waals surface area contributed by atoms with Crippen molar-refractivity contribution in [3.05, 3.63) is 25.0 Å². The lowest BCUT2D eigenvalue weighted by Gasteiger charge is -2.33. The van der Waals surface area contributed by atoms with Crippen LogP contribution < -0.4 is 0 Å². The first-order chi connectivity index (χ1) is 6.58. The zero-order chi connectivity index (χ0) is 10.6. The van der Waals surface area contributed by atoms with Crippen molar-refractivity contribution in [2.45, 2.75) is 6.92 Å². The summed E-state index contributed by atoms with van der Waals surface area (Å²) in [5.74, 6) is 0.546. The molecule has 4 heteroatoms. The molecule has 1 rings (SSSR count). The standard InChI is InChI=1S/C10H14O4/c1-4-5-12-8(2)10(3)6-13-9(11)14-7-10/h4H,1-2,5-7H2,3H3. The summed E-state index contributed by atoms with van der Waals surface area (Å²) in [6.45, 7) is 10.0. The first-order valence-electron chi connectivity index (χ1n) is 4.31. The van der Waals surface area contributed by atoms with Crippen molar-refractivity contribution in [1.82, 2.24) is 0 Å². The third-order valence-corrected chi connectivity index (χ3v) is 2.07. The van der Waals surface area contributed by atoms with Crippen LogP contribution in [-0.4, -0.2) is 26.0 Å². The van der Waals surface area contributed by atoms with Crippen molar-refractivity contribution < 1.29 is 19.0 Å². The molecule has 4 nitrogen and oxygen atoms in total. The van der Waals surface area contributed by atoms with Crippen molar-refractivity contribution in [2.75, 3.05) is 19.8 Å². The van der Waals surface area contributed by atoms with Gasteiger partial charge in [-0.1, -0.05) is 19.2 Å². The second-order valence-corrected chi connectivity index (χ2v) is 3.41. The highest BCUT2D eigenvalue weighted by Gasteiger charge is 2.37. The van der Waals surface area contributed by atoms with E-state index in [2.05, 4.69) is 13.2 Å². The summed E-state index contributed by atoms with van der Waals surface area (Å²) in [7, 11) is 0. The van der Waals surface area contributed by atoms with E-state index in [0.717, 1.165) is 0 Å². The van der Waals surface area contributed by atoms with E-state index in [1.54, 1.807) is 6.08 Å². The molecule has 0 radical (unpaired) electrons. The van der Waals surface area contributed by atoms with Crippen LogP contribution in [0.3, 0.4) is 0 Å². The van der Waals surface area contributed by atoms with E-state index >= 15 is 0 Å². The maximum atomic E-state index is 10.7. The summed E-state index contributed by atoms with van der Waals surface area (Å²) in [5, 5.41) is 0. The van der Waals surface area contributed by atoms with Gasteiger partial charge in [-0.2, -0.15) is 0 Å². The third-order valence-electron chi connectivity index (χ3n) is 2.07. The van der Waals surface area contributed by atoms with Crippen LogP contribution in [0.2, 0.25) is 0 Å². The number of carbonyl (C=O) groups excluding carboxylic acids is 1.